The van der Waals surface area contributed by atoms with Crippen molar-refractivity contribution in [1.29, 1.82) is 0 Å². The first kappa shape index (κ1) is 58.7. The molecule has 0 spiro atoms. The summed E-state index contributed by atoms with van der Waals surface area (Å²) in [6, 6.07) is 6.50. The predicted molar refractivity (Wildman–Crippen MR) is 249 cm³/mol. The summed E-state index contributed by atoms with van der Waals surface area (Å²) >= 11 is 4.00. The Labute approximate surface area is 397 Å². The second-order valence-electron chi connectivity index (χ2n) is 16.6. The Kier molecular flexibility index (Phi) is 27.7. The van der Waals surface area contributed by atoms with Crippen LogP contribution in [-0.4, -0.2) is 153 Å². The maximum Gasteiger partial charge on any atom is 0.469 e. The van der Waals surface area contributed by atoms with Crippen molar-refractivity contribution in [3.05, 3.63) is 54.1 Å². The third kappa shape index (κ3) is 24.5. The highest BCUT2D eigenvalue weighted by atomic mass is 32.1. The van der Waals surface area contributed by atoms with E-state index >= 15 is 0 Å². The fourth-order valence-electron chi connectivity index (χ4n) is 6.94. The largest absolute Gasteiger partial charge is 0.469 e. The number of nitrogens with two attached hydrogens (primary N) is 1. The lowest BCUT2D eigenvalue weighted by molar-refractivity contribution is -0.138. The number of aromatic amines is 1. The number of aliphatic hydroxyl groups excluding tert-OH is 1. The maximum absolute atomic E-state index is 14.1. The molecular formula is C44H70N7O14PS. The minimum atomic E-state index is -5.02. The van der Waals surface area contributed by atoms with Gasteiger partial charge in [0.05, 0.1) is 82.4 Å². The van der Waals surface area contributed by atoms with Gasteiger partial charge >= 0.3 is 7.82 Å². The lowest BCUT2D eigenvalue weighted by atomic mass is 9.89. The number of aliphatic hydroxyl groups is 1. The van der Waals surface area contributed by atoms with Crippen molar-refractivity contribution in [3.63, 3.8) is 0 Å². The summed E-state index contributed by atoms with van der Waals surface area (Å²) in [5, 5.41) is 18.0. The Bertz CT molecular complexity index is 1890. The summed E-state index contributed by atoms with van der Waals surface area (Å²) in [6.07, 6.45) is 2.60. The number of ether oxygens (including phenoxy) is 2. The number of ketones is 3. The number of nitrogens with zero attached hydrogens (tertiary/aromatic N) is 2. The van der Waals surface area contributed by atoms with E-state index in [1.165, 1.54) is 24.3 Å². The molecule has 9 N–H and O–H groups in total. The van der Waals surface area contributed by atoms with Gasteiger partial charge in [0, 0.05) is 50.0 Å². The number of Topliss-reactive ketones (excluding diaryl/α,β-unsaturated/α-hetero) is 3. The number of aromatic nitrogens is 2. The van der Waals surface area contributed by atoms with Gasteiger partial charge in [-0.2, -0.15) is 12.6 Å². The molecule has 67 heavy (non-hydrogen) atoms. The second kappa shape index (κ2) is 31.6. The van der Waals surface area contributed by atoms with E-state index in [9.17, 15) is 53.0 Å². The molecule has 1 heterocycles. The third-order valence-electron chi connectivity index (χ3n) is 10.6. The quantitative estimate of drug-likeness (QED) is 0.0260. The van der Waals surface area contributed by atoms with E-state index < -0.39 is 92.5 Å². The van der Waals surface area contributed by atoms with E-state index in [2.05, 4.69) is 43.1 Å². The summed E-state index contributed by atoms with van der Waals surface area (Å²) < 4.78 is 27.1. The minimum absolute atomic E-state index is 0.0324. The number of nitrogens with one attached hydrogen (secondary N) is 4. The van der Waals surface area contributed by atoms with Crippen molar-refractivity contribution >= 4 is 61.4 Å². The van der Waals surface area contributed by atoms with Crippen LogP contribution >= 0.6 is 20.5 Å². The summed E-state index contributed by atoms with van der Waals surface area (Å²) in [6.45, 7) is 5.97. The van der Waals surface area contributed by atoms with Crippen molar-refractivity contribution in [1.82, 2.24) is 30.8 Å². The Balaban J connectivity index is 2.15. The van der Waals surface area contributed by atoms with E-state index in [1.807, 2.05) is 44.2 Å². The number of phosphoric acid groups is 1. The zero-order valence-corrected chi connectivity index (χ0v) is 40.6. The second-order valence-corrected chi connectivity index (χ2v) is 18.2. The highest BCUT2D eigenvalue weighted by Gasteiger charge is 2.35. The standard InChI is InChI=1S/C44H70N7O14PS/c1-29(2)20-37(39(54)22-33(21-34-24-46-28-48-34)43(58)50-38(26-52)40(55)23-35(30(3)53)31(4)65-66(60,61)62)49-41(56)25-51(15-9-8-12-32-10-6-5-7-11-32)42(57)13-16-63-18-19-64-17-14-47-44(59)36(45)27-67/h5-7,10-11,24,28-29,31,33,35-38,52,67H,8-9,12-23,25-27,45H2,1-4H3,(H,46,48)(H,47,59)(H,49,56)(H,50,58)(H2,60,61,62)/t31-,33-,35-,36+,37+,38+/m1/s1. The fourth-order valence-corrected chi connectivity index (χ4v) is 7.68. The summed E-state index contributed by atoms with van der Waals surface area (Å²) in [7, 11) is -5.02. The van der Waals surface area contributed by atoms with Crippen molar-refractivity contribution in [3.8, 4) is 0 Å². The normalized spacial score (nSPS) is 14.3. The number of carbonyl (C=O) groups is 7. The van der Waals surface area contributed by atoms with Crippen LogP contribution in [0.4, 0.5) is 0 Å². The van der Waals surface area contributed by atoms with Crippen LogP contribution in [-0.2, 0) is 65.0 Å². The van der Waals surface area contributed by atoms with E-state index in [-0.39, 0.29) is 88.8 Å². The van der Waals surface area contributed by atoms with Crippen molar-refractivity contribution < 1.29 is 67.0 Å². The average molecular weight is 984 g/mol. The van der Waals surface area contributed by atoms with Crippen molar-refractivity contribution in [2.75, 3.05) is 58.4 Å². The average Bonchev–Trinajstić information content (AvgIpc) is 3.79. The first-order valence-electron chi connectivity index (χ1n) is 22.3. The first-order chi connectivity index (χ1) is 31.7. The molecule has 0 aliphatic carbocycles. The topological polar surface area (TPSA) is 319 Å². The van der Waals surface area contributed by atoms with Gasteiger partial charge in [0.25, 0.3) is 0 Å². The Morgan fingerprint density at radius 3 is 2.18 bits per heavy atom. The van der Waals surface area contributed by atoms with Gasteiger partial charge in [0.2, 0.25) is 23.6 Å². The van der Waals surface area contributed by atoms with E-state index in [4.69, 9.17) is 15.2 Å². The zero-order chi connectivity index (χ0) is 49.9. The van der Waals surface area contributed by atoms with Gasteiger partial charge in [0.1, 0.15) is 11.8 Å². The number of rotatable bonds is 36. The Morgan fingerprint density at radius 1 is 0.910 bits per heavy atom. The van der Waals surface area contributed by atoms with Crippen LogP contribution in [0.3, 0.4) is 0 Å². The SMILES string of the molecule is CC(=O)[C@@H](CC(=O)[C@H](CO)NC(=O)[C@@H](CC(=O)[C@H](CC(C)C)NC(=O)CN(CCCCc1ccccc1)C(=O)CCOCCOCCNC(=O)[C@@H](N)CS)Cc1cnc[nH]1)[C@@H](C)OP(=O)(O)O. The lowest BCUT2D eigenvalue weighted by Crippen LogP contribution is -2.50. The van der Waals surface area contributed by atoms with Crippen LogP contribution in [0.25, 0.3) is 0 Å². The molecule has 2 rings (SSSR count). The van der Waals surface area contributed by atoms with Crippen LogP contribution in [0, 0.1) is 17.8 Å². The predicted octanol–water partition coefficient (Wildman–Crippen LogP) is 0.846. The molecule has 0 fully saturated rings. The van der Waals surface area contributed by atoms with Crippen LogP contribution < -0.4 is 21.7 Å². The highest BCUT2D eigenvalue weighted by Crippen LogP contribution is 2.39. The highest BCUT2D eigenvalue weighted by molar-refractivity contribution is 7.80. The Hall–Kier alpha value is -4.38. The van der Waals surface area contributed by atoms with Crippen LogP contribution in [0.2, 0.25) is 0 Å². The Morgan fingerprint density at radius 2 is 1.58 bits per heavy atom. The van der Waals surface area contributed by atoms with Gasteiger partial charge in [-0.1, -0.05) is 44.2 Å². The maximum atomic E-state index is 14.1. The fraction of sp³-hybridized carbons (Fsp3) is 0.636. The minimum Gasteiger partial charge on any atom is -0.394 e. The third-order valence-corrected chi connectivity index (χ3v) is 11.6. The molecular weight excluding hydrogens is 914 g/mol. The van der Waals surface area contributed by atoms with Gasteiger partial charge in [-0.25, -0.2) is 9.55 Å². The first-order valence-corrected chi connectivity index (χ1v) is 24.5. The molecule has 0 aliphatic rings. The molecule has 376 valence electrons. The molecule has 1 aromatic heterocycles. The van der Waals surface area contributed by atoms with Gasteiger partial charge in [-0.15, -0.1) is 0 Å². The van der Waals surface area contributed by atoms with Crippen LogP contribution in [0.1, 0.15) is 77.5 Å². The number of carbonyl (C=O) groups excluding carboxylic acids is 7. The number of thiol groups is 1. The molecule has 0 bridgehead atoms. The number of phosphoric ester groups is 1. The molecule has 21 nitrogen and oxygen atoms in total. The summed E-state index contributed by atoms with van der Waals surface area (Å²) in [4.78, 5) is 119. The molecule has 4 amide bonds. The number of hydrogen-bond acceptors (Lipinski definition) is 15. The monoisotopic (exact) mass is 983 g/mol. The molecule has 0 saturated carbocycles. The van der Waals surface area contributed by atoms with Gasteiger partial charge in [0.15, 0.2) is 11.6 Å². The van der Waals surface area contributed by atoms with Crippen molar-refractivity contribution in [2.45, 2.75) is 103 Å². The number of unbranched alkanes of at least 4 members (excludes halogenated alkanes) is 1. The molecule has 1 aromatic carbocycles. The lowest BCUT2D eigenvalue weighted by Gasteiger charge is -2.26. The zero-order valence-electron chi connectivity index (χ0n) is 38.8. The number of benzene rings is 1. The van der Waals surface area contributed by atoms with E-state index in [1.54, 1.807) is 0 Å². The van der Waals surface area contributed by atoms with Gasteiger partial charge in [-0.05, 0) is 51.0 Å². The summed E-state index contributed by atoms with van der Waals surface area (Å²) in [5.74, 6) is -6.34. The number of H-pyrrole nitrogens is 1. The number of aryl methyl sites for hydroxylation is 1. The molecule has 2 aromatic rings. The van der Waals surface area contributed by atoms with Gasteiger partial charge < -0.3 is 55.9 Å². The molecule has 0 saturated heterocycles. The summed E-state index contributed by atoms with van der Waals surface area (Å²) in [5.41, 5.74) is 7.23. The van der Waals surface area contributed by atoms with E-state index in [0.717, 1.165) is 25.3 Å². The van der Waals surface area contributed by atoms with Crippen LogP contribution in [0.5, 0.6) is 0 Å². The van der Waals surface area contributed by atoms with Crippen molar-refractivity contribution in [2.24, 2.45) is 23.5 Å². The molecule has 23 heteroatoms. The molecule has 6 atom stereocenters. The van der Waals surface area contributed by atoms with Crippen LogP contribution in [0.15, 0.2) is 42.9 Å². The van der Waals surface area contributed by atoms with E-state index in [0.29, 0.717) is 12.1 Å². The molecule has 0 aliphatic heterocycles. The smallest absolute Gasteiger partial charge is 0.394 e. The number of amides is 4. The van der Waals surface area contributed by atoms with Gasteiger partial charge in [-0.3, -0.25) is 38.1 Å². The number of hydrogen-bond donors (Lipinski definition) is 9. The molecule has 0 unspecified atom stereocenters. The molecule has 0 radical (unpaired) electrons. The number of imidazole rings is 1.